The van der Waals surface area contributed by atoms with Crippen LogP contribution in [0.4, 0.5) is 0 Å². The van der Waals surface area contributed by atoms with E-state index < -0.39 is 0 Å². The van der Waals surface area contributed by atoms with Crippen LogP contribution in [0.1, 0.15) is 26.2 Å². The molecular formula is C10H18ClNO. The van der Waals surface area contributed by atoms with E-state index in [1.54, 1.807) is 5.54 Å². The summed E-state index contributed by atoms with van der Waals surface area (Å²) in [5.41, 5.74) is 2.75. The lowest BCUT2D eigenvalue weighted by molar-refractivity contribution is 0.207. The van der Waals surface area contributed by atoms with Crippen molar-refractivity contribution in [3.05, 3.63) is 11.1 Å². The Morgan fingerprint density at radius 3 is 3.00 bits per heavy atom. The number of hydrogen-bond acceptors (Lipinski definition) is 2. The average Bonchev–Trinajstić information content (AvgIpc) is 2.61. The summed E-state index contributed by atoms with van der Waals surface area (Å²) in [7, 11) is 0. The fraction of sp³-hybridized carbons (Fsp3) is 0.800. The normalized spacial score (nSPS) is 29.6. The monoisotopic (exact) mass is 203 g/mol. The Hall–Kier alpha value is -0.0500. The number of nitrogens with one attached hydrogen (secondary N) is 1. The highest BCUT2D eigenvalue weighted by molar-refractivity contribution is 6.25. The van der Waals surface area contributed by atoms with E-state index in [-0.39, 0.29) is 0 Å². The van der Waals surface area contributed by atoms with Crippen LogP contribution in [0.15, 0.2) is 11.1 Å². The van der Waals surface area contributed by atoms with Crippen LogP contribution < -0.4 is 5.32 Å². The van der Waals surface area contributed by atoms with Crippen LogP contribution in [0, 0.1) is 5.92 Å². The van der Waals surface area contributed by atoms with E-state index in [2.05, 4.69) is 5.32 Å². The molecule has 3 heteroatoms. The molecule has 13 heavy (non-hydrogen) atoms. The lowest BCUT2D eigenvalue weighted by Gasteiger charge is -2.18. The van der Waals surface area contributed by atoms with Crippen LogP contribution in [-0.4, -0.2) is 24.3 Å². The van der Waals surface area contributed by atoms with Crippen molar-refractivity contribution in [3.8, 4) is 0 Å². The molecule has 1 saturated carbocycles. The Kier molecular flexibility index (Phi) is 4.78. The quantitative estimate of drug-likeness (QED) is 0.732. The highest BCUT2D eigenvalue weighted by atomic mass is 35.5. The highest BCUT2D eigenvalue weighted by Gasteiger charge is 2.25. The van der Waals surface area contributed by atoms with Gasteiger partial charge >= 0.3 is 0 Å². The van der Waals surface area contributed by atoms with Gasteiger partial charge < -0.3 is 10.4 Å². The first-order valence-corrected chi connectivity index (χ1v) is 5.31. The van der Waals surface area contributed by atoms with Gasteiger partial charge in [0, 0.05) is 24.7 Å². The summed E-state index contributed by atoms with van der Waals surface area (Å²) >= 11 is 5.56. The molecule has 0 heterocycles. The van der Waals surface area contributed by atoms with E-state index in [9.17, 15) is 0 Å². The predicted molar refractivity (Wildman–Crippen MR) is 55.8 cm³/mol. The van der Waals surface area contributed by atoms with E-state index in [1.165, 1.54) is 12.8 Å². The third-order valence-corrected chi connectivity index (χ3v) is 3.10. The minimum absolute atomic E-state index is 0.307. The summed E-state index contributed by atoms with van der Waals surface area (Å²) in [5.74, 6) is 0.447. The number of aliphatic hydroxyl groups is 1. The predicted octanol–water partition coefficient (Wildman–Crippen LogP) is 1.88. The van der Waals surface area contributed by atoms with Crippen LogP contribution in [0.5, 0.6) is 0 Å². The molecule has 1 aliphatic rings. The van der Waals surface area contributed by atoms with Crippen LogP contribution >= 0.6 is 11.6 Å². The van der Waals surface area contributed by atoms with Crippen molar-refractivity contribution in [1.82, 2.24) is 5.32 Å². The van der Waals surface area contributed by atoms with Crippen LogP contribution in [0.25, 0.3) is 0 Å². The second-order valence-electron chi connectivity index (χ2n) is 3.82. The van der Waals surface area contributed by atoms with Gasteiger partial charge in [0.25, 0.3) is 0 Å². The zero-order valence-corrected chi connectivity index (χ0v) is 8.85. The zero-order chi connectivity index (χ0) is 9.68. The van der Waals surface area contributed by atoms with Gasteiger partial charge in [-0.2, -0.15) is 0 Å². The van der Waals surface area contributed by atoms with Crippen LogP contribution in [0.3, 0.4) is 0 Å². The van der Waals surface area contributed by atoms with Crippen molar-refractivity contribution in [2.75, 3.05) is 13.2 Å². The van der Waals surface area contributed by atoms with Gasteiger partial charge in [-0.05, 0) is 31.3 Å². The summed E-state index contributed by atoms with van der Waals surface area (Å²) in [6.45, 7) is 3.15. The number of aliphatic hydroxyl groups excluding tert-OH is 1. The maximum atomic E-state index is 9.08. The third kappa shape index (κ3) is 3.29. The Morgan fingerprint density at radius 1 is 1.62 bits per heavy atom. The first-order chi connectivity index (χ1) is 6.27. The lowest BCUT2D eigenvalue weighted by Crippen LogP contribution is -2.34. The van der Waals surface area contributed by atoms with Gasteiger partial charge in [-0.3, -0.25) is 0 Å². The zero-order valence-electron chi connectivity index (χ0n) is 8.09. The number of rotatable bonds is 4. The first-order valence-electron chi connectivity index (χ1n) is 4.88. The SMILES string of the molecule is CC(=CCl)CNC1CCCC1CO. The van der Waals surface area contributed by atoms with E-state index in [0.29, 0.717) is 18.6 Å². The Balaban J connectivity index is 2.27. The van der Waals surface area contributed by atoms with Gasteiger partial charge in [0.05, 0.1) is 0 Å². The van der Waals surface area contributed by atoms with Crippen molar-refractivity contribution < 1.29 is 5.11 Å². The standard InChI is InChI=1S/C10H18ClNO/c1-8(5-11)6-12-10-4-2-3-9(10)7-13/h5,9-10,12-13H,2-4,6-7H2,1H3. The van der Waals surface area contributed by atoms with E-state index >= 15 is 0 Å². The van der Waals surface area contributed by atoms with Crippen molar-refractivity contribution in [2.24, 2.45) is 5.92 Å². The van der Waals surface area contributed by atoms with Gasteiger partial charge in [0.1, 0.15) is 0 Å². The molecule has 0 aromatic carbocycles. The smallest absolute Gasteiger partial charge is 0.0474 e. The Bertz CT molecular complexity index is 182. The van der Waals surface area contributed by atoms with Crippen molar-refractivity contribution in [2.45, 2.75) is 32.2 Å². The minimum atomic E-state index is 0.307. The topological polar surface area (TPSA) is 32.3 Å². The maximum absolute atomic E-state index is 9.08. The van der Waals surface area contributed by atoms with Gasteiger partial charge in [-0.15, -0.1) is 0 Å². The molecule has 2 N–H and O–H groups in total. The molecule has 1 rings (SSSR count). The summed E-state index contributed by atoms with van der Waals surface area (Å²) < 4.78 is 0. The largest absolute Gasteiger partial charge is 0.396 e. The molecule has 0 saturated heterocycles. The van der Waals surface area contributed by atoms with Gasteiger partial charge in [0.15, 0.2) is 0 Å². The number of halogens is 1. The summed E-state index contributed by atoms with van der Waals surface area (Å²) in [6.07, 6.45) is 3.56. The molecule has 0 aromatic heterocycles. The van der Waals surface area contributed by atoms with Crippen LogP contribution in [0.2, 0.25) is 0 Å². The second kappa shape index (κ2) is 5.63. The molecule has 0 aromatic rings. The van der Waals surface area contributed by atoms with E-state index in [4.69, 9.17) is 16.7 Å². The van der Waals surface area contributed by atoms with Crippen molar-refractivity contribution in [3.63, 3.8) is 0 Å². The molecule has 0 aliphatic heterocycles. The van der Waals surface area contributed by atoms with Gasteiger partial charge in [0.2, 0.25) is 0 Å². The molecule has 2 atom stereocenters. The molecule has 0 bridgehead atoms. The second-order valence-corrected chi connectivity index (χ2v) is 4.03. The third-order valence-electron chi connectivity index (χ3n) is 2.72. The molecule has 0 radical (unpaired) electrons. The average molecular weight is 204 g/mol. The molecule has 1 aliphatic carbocycles. The molecule has 2 nitrogen and oxygen atoms in total. The van der Waals surface area contributed by atoms with Crippen molar-refractivity contribution in [1.29, 1.82) is 0 Å². The molecule has 0 amide bonds. The first kappa shape index (κ1) is 11.0. The fourth-order valence-electron chi connectivity index (χ4n) is 1.85. The molecule has 76 valence electrons. The maximum Gasteiger partial charge on any atom is 0.0474 e. The van der Waals surface area contributed by atoms with E-state index in [1.807, 2.05) is 6.92 Å². The molecule has 1 fully saturated rings. The Morgan fingerprint density at radius 2 is 2.38 bits per heavy atom. The highest BCUT2D eigenvalue weighted by Crippen LogP contribution is 2.24. The van der Waals surface area contributed by atoms with Crippen molar-refractivity contribution >= 4 is 11.6 Å². The molecule has 2 unspecified atom stereocenters. The molecular weight excluding hydrogens is 186 g/mol. The summed E-state index contributed by atoms with van der Waals surface area (Å²) in [6, 6.07) is 0.483. The van der Waals surface area contributed by atoms with Gasteiger partial charge in [-0.25, -0.2) is 0 Å². The van der Waals surface area contributed by atoms with E-state index in [0.717, 1.165) is 18.5 Å². The minimum Gasteiger partial charge on any atom is -0.396 e. The lowest BCUT2D eigenvalue weighted by atomic mass is 10.1. The summed E-state index contributed by atoms with van der Waals surface area (Å²) in [4.78, 5) is 0. The van der Waals surface area contributed by atoms with Gasteiger partial charge in [-0.1, -0.05) is 18.0 Å². The molecule has 0 spiro atoms. The fourth-order valence-corrected chi connectivity index (χ4v) is 1.93. The van der Waals surface area contributed by atoms with Crippen LogP contribution in [-0.2, 0) is 0 Å². The summed E-state index contributed by atoms with van der Waals surface area (Å²) in [5, 5.41) is 12.5. The Labute approximate surface area is 85.0 Å². The number of hydrogen-bond donors (Lipinski definition) is 2.